The molecule has 0 aliphatic carbocycles. The Kier molecular flexibility index (Phi) is 8.13. The van der Waals surface area contributed by atoms with Crippen LogP contribution in [0.3, 0.4) is 0 Å². The number of hydrogen-bond acceptors (Lipinski definition) is 4. The van der Waals surface area contributed by atoms with Gasteiger partial charge in [-0.05, 0) is 29.0 Å². The molecule has 5 heteroatoms. The van der Waals surface area contributed by atoms with Crippen molar-refractivity contribution in [2.45, 2.75) is 90.5 Å². The van der Waals surface area contributed by atoms with Crippen LogP contribution in [-0.2, 0) is 18.8 Å². The van der Waals surface area contributed by atoms with Gasteiger partial charge in [-0.15, -0.1) is 0 Å². The van der Waals surface area contributed by atoms with Crippen molar-refractivity contribution >= 4 is 20.6 Å². The average Bonchev–Trinajstić information content (AvgIpc) is 2.46. The van der Waals surface area contributed by atoms with E-state index in [1.807, 2.05) is 0 Å². The van der Waals surface area contributed by atoms with Crippen LogP contribution in [0.4, 0.5) is 0 Å². The lowest BCUT2D eigenvalue weighted by Crippen LogP contribution is -2.49. The van der Waals surface area contributed by atoms with E-state index >= 15 is 0 Å². The van der Waals surface area contributed by atoms with E-state index in [0.717, 1.165) is 12.7 Å². The number of hydrogen-bond donors (Lipinski definition) is 0. The number of carbonyl (C=O) groups is 2. The number of rotatable bonds is 9. The van der Waals surface area contributed by atoms with Gasteiger partial charge in [0.05, 0.1) is 0 Å². The quantitative estimate of drug-likeness (QED) is 0.340. The summed E-state index contributed by atoms with van der Waals surface area (Å²) in [6.07, 6.45) is 2.37. The molecule has 1 saturated heterocycles. The average molecular weight is 357 g/mol. The molecule has 0 unspecified atom stereocenters. The van der Waals surface area contributed by atoms with Gasteiger partial charge in [-0.1, -0.05) is 48.5 Å². The predicted octanol–water partition coefficient (Wildman–Crippen LogP) is 4.73. The van der Waals surface area contributed by atoms with Crippen molar-refractivity contribution < 1.29 is 18.8 Å². The Balaban J connectivity index is 2.76. The molecule has 3 atom stereocenters. The van der Waals surface area contributed by atoms with Crippen LogP contribution >= 0.6 is 0 Å². The third-order valence-electron chi connectivity index (χ3n) is 5.67. The third-order valence-corrected chi connectivity index (χ3v) is 11.8. The van der Waals surface area contributed by atoms with Crippen LogP contribution < -0.4 is 0 Å². The molecule has 0 aromatic heterocycles. The second-order valence-corrected chi connectivity index (χ2v) is 13.8. The van der Waals surface area contributed by atoms with Crippen molar-refractivity contribution in [2.75, 3.05) is 6.61 Å². The molecule has 0 bridgehead atoms. The molecule has 140 valence electrons. The second kappa shape index (κ2) is 9.14. The monoisotopic (exact) mass is 356 g/mol. The molecule has 1 aliphatic rings. The molecule has 0 saturated carbocycles. The summed E-state index contributed by atoms with van der Waals surface area (Å²) in [5, 5.41) is 0. The highest BCUT2D eigenvalue weighted by Crippen LogP contribution is 2.42. The SMILES string of the molecule is CC(C)[Si](OC[C@@H](C)[C@H]1C[C@@H](CC=O)CC(=O)O1)(C(C)C)C(C)C. The molecular formula is C19H36O4Si. The second-order valence-electron chi connectivity index (χ2n) is 8.34. The van der Waals surface area contributed by atoms with E-state index in [1.54, 1.807) is 0 Å². The van der Waals surface area contributed by atoms with Crippen molar-refractivity contribution in [3.05, 3.63) is 0 Å². The van der Waals surface area contributed by atoms with E-state index in [1.165, 1.54) is 0 Å². The van der Waals surface area contributed by atoms with Crippen LogP contribution in [0.1, 0.15) is 67.7 Å². The fraction of sp³-hybridized carbons (Fsp3) is 0.895. The minimum Gasteiger partial charge on any atom is -0.462 e. The highest BCUT2D eigenvalue weighted by atomic mass is 28.4. The molecule has 4 nitrogen and oxygen atoms in total. The van der Waals surface area contributed by atoms with Crippen molar-refractivity contribution in [2.24, 2.45) is 11.8 Å². The van der Waals surface area contributed by atoms with Crippen LogP contribution in [-0.4, -0.2) is 33.3 Å². The molecule has 0 spiro atoms. The minimum absolute atomic E-state index is 0.124. The Morgan fingerprint density at radius 2 is 1.67 bits per heavy atom. The fourth-order valence-electron chi connectivity index (χ4n) is 4.46. The highest BCUT2D eigenvalue weighted by Gasteiger charge is 2.45. The summed E-state index contributed by atoms with van der Waals surface area (Å²) in [6, 6.07) is 0. The molecule has 1 fully saturated rings. The zero-order valence-corrected chi connectivity index (χ0v) is 17.5. The molecule has 24 heavy (non-hydrogen) atoms. The van der Waals surface area contributed by atoms with Gasteiger partial charge in [-0.3, -0.25) is 4.79 Å². The predicted molar refractivity (Wildman–Crippen MR) is 99.4 cm³/mol. The number of aldehydes is 1. The molecular weight excluding hydrogens is 320 g/mol. The number of esters is 1. The molecule has 0 radical (unpaired) electrons. The van der Waals surface area contributed by atoms with Gasteiger partial charge in [0.2, 0.25) is 0 Å². The van der Waals surface area contributed by atoms with Crippen molar-refractivity contribution in [3.8, 4) is 0 Å². The maximum atomic E-state index is 11.8. The lowest BCUT2D eigenvalue weighted by Gasteiger charge is -2.43. The largest absolute Gasteiger partial charge is 0.462 e. The van der Waals surface area contributed by atoms with Crippen LogP contribution in [0.25, 0.3) is 0 Å². The van der Waals surface area contributed by atoms with Gasteiger partial charge in [0, 0.05) is 25.4 Å². The minimum atomic E-state index is -1.90. The fourth-order valence-corrected chi connectivity index (χ4v) is 10.0. The van der Waals surface area contributed by atoms with Gasteiger partial charge in [0.1, 0.15) is 12.4 Å². The summed E-state index contributed by atoms with van der Waals surface area (Å²) in [5.74, 6) is 0.107. The summed E-state index contributed by atoms with van der Waals surface area (Å²) < 4.78 is 12.2. The summed E-state index contributed by atoms with van der Waals surface area (Å²) in [7, 11) is -1.90. The summed E-state index contributed by atoms with van der Waals surface area (Å²) in [4.78, 5) is 22.6. The first-order valence-electron chi connectivity index (χ1n) is 9.42. The van der Waals surface area contributed by atoms with Crippen LogP contribution in [0, 0.1) is 11.8 Å². The van der Waals surface area contributed by atoms with Gasteiger partial charge in [0.15, 0.2) is 8.32 Å². The Hall–Kier alpha value is -0.683. The topological polar surface area (TPSA) is 52.6 Å². The molecule has 0 aromatic carbocycles. The standard InChI is InChI=1S/C19H36O4Si/c1-13(2)24(14(3)4,15(5)6)22-12-16(7)18-10-17(8-9-20)11-19(21)23-18/h9,13-18H,8,10-12H2,1-7H3/t16-,17-,18-/m1/s1. The zero-order chi connectivity index (χ0) is 18.5. The maximum Gasteiger partial charge on any atom is 0.306 e. The number of carbonyl (C=O) groups excluding carboxylic acids is 2. The first-order valence-corrected chi connectivity index (χ1v) is 11.6. The lowest BCUT2D eigenvalue weighted by atomic mass is 9.88. The van der Waals surface area contributed by atoms with Gasteiger partial charge in [-0.2, -0.15) is 0 Å². The lowest BCUT2D eigenvalue weighted by molar-refractivity contribution is -0.161. The molecule has 0 aromatic rings. The van der Waals surface area contributed by atoms with Gasteiger partial charge in [0.25, 0.3) is 0 Å². The molecule has 0 N–H and O–H groups in total. The highest BCUT2D eigenvalue weighted by molar-refractivity contribution is 6.77. The van der Waals surface area contributed by atoms with E-state index < -0.39 is 8.32 Å². The van der Waals surface area contributed by atoms with Crippen LogP contribution in [0.15, 0.2) is 0 Å². The van der Waals surface area contributed by atoms with Gasteiger partial charge in [-0.25, -0.2) is 0 Å². The summed E-state index contributed by atoms with van der Waals surface area (Å²) >= 11 is 0. The van der Waals surface area contributed by atoms with E-state index in [4.69, 9.17) is 9.16 Å². The van der Waals surface area contributed by atoms with Crippen molar-refractivity contribution in [3.63, 3.8) is 0 Å². The maximum absolute atomic E-state index is 11.8. The van der Waals surface area contributed by atoms with Gasteiger partial charge < -0.3 is 14.0 Å². The van der Waals surface area contributed by atoms with Crippen LogP contribution in [0.5, 0.6) is 0 Å². The smallest absolute Gasteiger partial charge is 0.306 e. The Morgan fingerprint density at radius 3 is 2.12 bits per heavy atom. The first kappa shape index (κ1) is 21.4. The molecule has 1 aliphatic heterocycles. The Labute approximate surface area is 148 Å². The Morgan fingerprint density at radius 1 is 1.12 bits per heavy atom. The van der Waals surface area contributed by atoms with E-state index in [2.05, 4.69) is 48.5 Å². The van der Waals surface area contributed by atoms with Crippen molar-refractivity contribution in [1.82, 2.24) is 0 Å². The number of cyclic esters (lactones) is 1. The van der Waals surface area contributed by atoms with Crippen LogP contribution in [0.2, 0.25) is 16.6 Å². The number of ether oxygens (including phenoxy) is 1. The third kappa shape index (κ3) is 4.91. The normalized spacial score (nSPS) is 23.7. The van der Waals surface area contributed by atoms with E-state index in [-0.39, 0.29) is 23.9 Å². The summed E-state index contributed by atoms with van der Waals surface area (Å²) in [5.41, 5.74) is 1.63. The summed E-state index contributed by atoms with van der Waals surface area (Å²) in [6.45, 7) is 16.4. The molecule has 1 heterocycles. The molecule has 0 amide bonds. The van der Waals surface area contributed by atoms with E-state index in [9.17, 15) is 9.59 Å². The molecule has 1 rings (SSSR count). The Bertz CT molecular complexity index is 398. The van der Waals surface area contributed by atoms with Crippen molar-refractivity contribution in [1.29, 1.82) is 0 Å². The van der Waals surface area contributed by atoms with E-state index in [0.29, 0.717) is 36.1 Å². The zero-order valence-electron chi connectivity index (χ0n) is 16.5. The first-order chi connectivity index (χ1) is 11.1. The van der Waals surface area contributed by atoms with Gasteiger partial charge >= 0.3 is 5.97 Å².